The highest BCUT2D eigenvalue weighted by Crippen LogP contribution is 2.37. The minimum absolute atomic E-state index is 0.353. The average molecular weight is 358 g/mol. The normalized spacial score (nSPS) is 17.0. The van der Waals surface area contributed by atoms with Crippen LogP contribution < -0.4 is 0 Å². The van der Waals surface area contributed by atoms with Gasteiger partial charge in [-0.25, -0.2) is 14.8 Å². The molecule has 8 heteroatoms. The van der Waals surface area contributed by atoms with Crippen LogP contribution in [0.5, 0.6) is 0 Å². The quantitative estimate of drug-likeness (QED) is 0.608. The van der Waals surface area contributed by atoms with Crippen molar-refractivity contribution in [2.75, 3.05) is 27.2 Å². The molecular weight excluding hydrogens is 332 g/mol. The van der Waals surface area contributed by atoms with Crippen LogP contribution in [0.3, 0.4) is 0 Å². The molecule has 0 bridgehead atoms. The Morgan fingerprint density at radius 2 is 1.96 bits per heavy atom. The Balaban J connectivity index is 2.20. The first-order valence-corrected chi connectivity index (χ1v) is 8.58. The highest BCUT2D eigenvalue weighted by atomic mass is 16.6. The molecule has 0 aromatic carbocycles. The van der Waals surface area contributed by atoms with E-state index in [-0.39, 0.29) is 6.09 Å². The zero-order valence-corrected chi connectivity index (χ0v) is 16.1. The maximum absolute atomic E-state index is 12.3. The summed E-state index contributed by atoms with van der Waals surface area (Å²) in [4.78, 5) is 28.7. The van der Waals surface area contributed by atoms with Crippen LogP contribution in [0, 0.1) is 11.3 Å². The molecule has 0 unspecified atom stereocenters. The van der Waals surface area contributed by atoms with Crippen molar-refractivity contribution in [1.82, 2.24) is 19.8 Å². The van der Waals surface area contributed by atoms with Gasteiger partial charge in [0.05, 0.1) is 12.4 Å². The minimum Gasteiger partial charge on any atom is -0.444 e. The molecule has 0 saturated carbocycles. The lowest BCUT2D eigenvalue weighted by Gasteiger charge is -2.37. The predicted octanol–water partition coefficient (Wildman–Crippen LogP) is 2.49. The van der Waals surface area contributed by atoms with E-state index in [0.717, 1.165) is 0 Å². The zero-order chi connectivity index (χ0) is 19.4. The van der Waals surface area contributed by atoms with E-state index in [9.17, 15) is 10.1 Å². The van der Waals surface area contributed by atoms with Gasteiger partial charge in [0, 0.05) is 39.6 Å². The molecule has 1 aromatic heterocycles. The van der Waals surface area contributed by atoms with E-state index in [2.05, 4.69) is 21.0 Å². The number of nitriles is 1. The average Bonchev–Trinajstić information content (AvgIpc) is 2.59. The SMILES string of the molecule is CN(C)/C=N/c1nccnc1C1(C#N)CCN(C(=O)OC(C)(C)C)CC1. The number of likely N-dealkylation sites (tertiary alicyclic amines) is 1. The number of aromatic nitrogens is 2. The van der Waals surface area contributed by atoms with E-state index in [1.165, 1.54) is 0 Å². The highest BCUT2D eigenvalue weighted by Gasteiger charge is 2.41. The molecule has 0 N–H and O–H groups in total. The largest absolute Gasteiger partial charge is 0.444 e. The Morgan fingerprint density at radius 3 is 2.50 bits per heavy atom. The number of hydrogen-bond donors (Lipinski definition) is 0. The Labute approximate surface area is 154 Å². The number of ether oxygens (including phenoxy) is 1. The zero-order valence-electron chi connectivity index (χ0n) is 16.1. The number of aliphatic imine (C=N–C) groups is 1. The summed E-state index contributed by atoms with van der Waals surface area (Å²) in [6.07, 6.45) is 5.34. The molecule has 0 aliphatic carbocycles. The predicted molar refractivity (Wildman–Crippen MR) is 98.2 cm³/mol. The summed E-state index contributed by atoms with van der Waals surface area (Å²) in [6.45, 7) is 6.36. The van der Waals surface area contributed by atoms with Crippen molar-refractivity contribution in [2.24, 2.45) is 4.99 Å². The van der Waals surface area contributed by atoms with Crippen LogP contribution in [0.4, 0.5) is 10.6 Å². The van der Waals surface area contributed by atoms with E-state index < -0.39 is 11.0 Å². The fraction of sp³-hybridized carbons (Fsp3) is 0.611. The number of carbonyl (C=O) groups excluding carboxylic acids is 1. The van der Waals surface area contributed by atoms with Gasteiger partial charge in [0.2, 0.25) is 0 Å². The van der Waals surface area contributed by atoms with Crippen molar-refractivity contribution in [3.63, 3.8) is 0 Å². The molecule has 1 saturated heterocycles. The number of rotatable bonds is 3. The van der Waals surface area contributed by atoms with Gasteiger partial charge < -0.3 is 14.5 Å². The molecular formula is C18H26N6O2. The molecule has 2 rings (SSSR count). The third-order valence-corrected chi connectivity index (χ3v) is 4.03. The molecule has 1 aliphatic rings. The van der Waals surface area contributed by atoms with Crippen LogP contribution in [-0.2, 0) is 10.2 Å². The monoisotopic (exact) mass is 358 g/mol. The van der Waals surface area contributed by atoms with Crippen molar-refractivity contribution < 1.29 is 9.53 Å². The molecule has 140 valence electrons. The standard InChI is InChI=1S/C18H26N6O2/c1-17(2,3)26-16(25)24-10-6-18(12-19,7-11-24)14-15(21-9-8-20-14)22-13-23(4)5/h8-9,13H,6-7,10-11H2,1-5H3/b22-13+. The molecule has 0 radical (unpaired) electrons. The summed E-state index contributed by atoms with van der Waals surface area (Å²) in [5.41, 5.74) is -0.796. The number of carbonyl (C=O) groups is 1. The van der Waals surface area contributed by atoms with Crippen molar-refractivity contribution >= 4 is 18.2 Å². The van der Waals surface area contributed by atoms with Crippen molar-refractivity contribution in [3.05, 3.63) is 18.1 Å². The van der Waals surface area contributed by atoms with E-state index in [1.807, 2.05) is 34.9 Å². The maximum Gasteiger partial charge on any atom is 0.410 e. The lowest BCUT2D eigenvalue weighted by atomic mass is 9.76. The van der Waals surface area contributed by atoms with Gasteiger partial charge in [-0.2, -0.15) is 5.26 Å². The van der Waals surface area contributed by atoms with Gasteiger partial charge in [-0.05, 0) is 33.6 Å². The summed E-state index contributed by atoms with van der Waals surface area (Å²) in [5, 5.41) is 9.89. The second-order valence-electron chi connectivity index (χ2n) is 7.60. The number of amides is 1. The number of piperidine rings is 1. The number of nitrogens with zero attached hydrogens (tertiary/aromatic N) is 6. The molecule has 1 fully saturated rings. The Hall–Kier alpha value is -2.69. The van der Waals surface area contributed by atoms with Gasteiger partial charge in [-0.1, -0.05) is 0 Å². The maximum atomic E-state index is 12.3. The van der Waals surface area contributed by atoms with E-state index in [4.69, 9.17) is 4.74 Å². The Bertz CT molecular complexity index is 709. The molecule has 8 nitrogen and oxygen atoms in total. The van der Waals surface area contributed by atoms with Gasteiger partial charge in [0.1, 0.15) is 16.7 Å². The molecule has 0 spiro atoms. The fourth-order valence-corrected chi connectivity index (χ4v) is 2.73. The van der Waals surface area contributed by atoms with Gasteiger partial charge >= 0.3 is 6.09 Å². The van der Waals surface area contributed by atoms with Gasteiger partial charge in [-0.15, -0.1) is 0 Å². The highest BCUT2D eigenvalue weighted by molar-refractivity contribution is 5.68. The molecule has 1 aromatic rings. The van der Waals surface area contributed by atoms with Gasteiger partial charge in [0.15, 0.2) is 5.82 Å². The van der Waals surface area contributed by atoms with Crippen LogP contribution >= 0.6 is 0 Å². The van der Waals surface area contributed by atoms with Crippen molar-refractivity contribution in [2.45, 2.75) is 44.6 Å². The van der Waals surface area contributed by atoms with Gasteiger partial charge in [-0.3, -0.25) is 4.98 Å². The van der Waals surface area contributed by atoms with E-state index >= 15 is 0 Å². The fourth-order valence-electron chi connectivity index (χ4n) is 2.73. The van der Waals surface area contributed by atoms with Crippen LogP contribution in [0.25, 0.3) is 0 Å². The molecule has 26 heavy (non-hydrogen) atoms. The van der Waals surface area contributed by atoms with Crippen LogP contribution in [-0.4, -0.2) is 65.0 Å². The van der Waals surface area contributed by atoms with Gasteiger partial charge in [0.25, 0.3) is 0 Å². The summed E-state index contributed by atoms with van der Waals surface area (Å²) in [7, 11) is 3.72. The number of hydrogen-bond acceptors (Lipinski definition) is 6. The summed E-state index contributed by atoms with van der Waals surface area (Å²) in [5.74, 6) is 0.438. The first kappa shape index (κ1) is 19.6. The van der Waals surface area contributed by atoms with E-state index in [1.54, 1.807) is 28.5 Å². The minimum atomic E-state index is -0.814. The smallest absolute Gasteiger partial charge is 0.410 e. The van der Waals surface area contributed by atoms with Crippen LogP contribution in [0.15, 0.2) is 17.4 Å². The molecule has 1 aliphatic heterocycles. The summed E-state index contributed by atoms with van der Waals surface area (Å²) < 4.78 is 5.42. The topological polar surface area (TPSA) is 94.7 Å². The van der Waals surface area contributed by atoms with E-state index in [0.29, 0.717) is 37.4 Å². The summed E-state index contributed by atoms with van der Waals surface area (Å²) >= 11 is 0. The van der Waals surface area contributed by atoms with Crippen molar-refractivity contribution in [1.29, 1.82) is 5.26 Å². The molecule has 1 amide bonds. The second-order valence-corrected chi connectivity index (χ2v) is 7.60. The summed E-state index contributed by atoms with van der Waals surface area (Å²) in [6, 6.07) is 2.40. The third kappa shape index (κ3) is 4.69. The lowest BCUT2D eigenvalue weighted by Crippen LogP contribution is -2.46. The molecule has 0 atom stereocenters. The molecule has 2 heterocycles. The van der Waals surface area contributed by atoms with Crippen LogP contribution in [0.1, 0.15) is 39.3 Å². The second kappa shape index (κ2) is 7.68. The Kier molecular flexibility index (Phi) is 5.80. The van der Waals surface area contributed by atoms with Crippen LogP contribution in [0.2, 0.25) is 0 Å². The first-order valence-electron chi connectivity index (χ1n) is 8.58. The third-order valence-electron chi connectivity index (χ3n) is 4.03. The Morgan fingerprint density at radius 1 is 1.35 bits per heavy atom. The lowest BCUT2D eigenvalue weighted by molar-refractivity contribution is 0.0184. The first-order chi connectivity index (χ1) is 12.2. The van der Waals surface area contributed by atoms with Crippen molar-refractivity contribution in [3.8, 4) is 6.07 Å².